The summed E-state index contributed by atoms with van der Waals surface area (Å²) >= 11 is 0. The van der Waals surface area contributed by atoms with E-state index in [9.17, 15) is 9.59 Å². The topological polar surface area (TPSA) is 67.4 Å². The van der Waals surface area contributed by atoms with Crippen LogP contribution in [0.5, 0.6) is 0 Å². The van der Waals surface area contributed by atoms with Gasteiger partial charge in [0.25, 0.3) is 5.91 Å². The van der Waals surface area contributed by atoms with Gasteiger partial charge in [0.1, 0.15) is 0 Å². The maximum absolute atomic E-state index is 12.2. The summed E-state index contributed by atoms with van der Waals surface area (Å²) in [5.41, 5.74) is 2.14. The van der Waals surface area contributed by atoms with E-state index in [1.165, 1.54) is 7.11 Å². The number of amides is 2. The van der Waals surface area contributed by atoms with Crippen molar-refractivity contribution < 1.29 is 14.3 Å². The van der Waals surface area contributed by atoms with Crippen molar-refractivity contribution in [3.8, 4) is 0 Å². The van der Waals surface area contributed by atoms with Crippen LogP contribution in [0.1, 0.15) is 28.9 Å². The highest BCUT2D eigenvalue weighted by Crippen LogP contribution is 2.14. The maximum Gasteiger partial charge on any atom is 0.411 e. The summed E-state index contributed by atoms with van der Waals surface area (Å²) in [5.74, 6) is -0.166. The second-order valence-electron chi connectivity index (χ2n) is 4.80. The van der Waals surface area contributed by atoms with Crippen LogP contribution in [-0.2, 0) is 4.74 Å². The molecule has 5 nitrogen and oxygen atoms in total. The zero-order valence-electron chi connectivity index (χ0n) is 12.5. The highest BCUT2D eigenvalue weighted by Gasteiger charge is 2.11. The Morgan fingerprint density at radius 3 is 2.23 bits per heavy atom. The third-order valence-corrected chi connectivity index (χ3v) is 3.23. The fourth-order valence-corrected chi connectivity index (χ4v) is 1.98. The average molecular weight is 298 g/mol. The van der Waals surface area contributed by atoms with Crippen molar-refractivity contribution >= 4 is 17.7 Å². The van der Waals surface area contributed by atoms with Crippen LogP contribution < -0.4 is 10.6 Å². The number of hydrogen-bond donors (Lipinski definition) is 2. The lowest BCUT2D eigenvalue weighted by molar-refractivity contribution is 0.0940. The van der Waals surface area contributed by atoms with Gasteiger partial charge in [0, 0.05) is 11.3 Å². The summed E-state index contributed by atoms with van der Waals surface area (Å²) in [6.07, 6.45) is -0.546. The number of ether oxygens (including phenoxy) is 1. The van der Waals surface area contributed by atoms with Crippen LogP contribution >= 0.6 is 0 Å². The van der Waals surface area contributed by atoms with Crippen LogP contribution in [0.25, 0.3) is 0 Å². The van der Waals surface area contributed by atoms with Gasteiger partial charge in [-0.2, -0.15) is 0 Å². The van der Waals surface area contributed by atoms with Gasteiger partial charge in [-0.3, -0.25) is 10.1 Å². The molecule has 0 aliphatic carbocycles. The maximum atomic E-state index is 12.2. The molecule has 0 spiro atoms. The Kier molecular flexibility index (Phi) is 5.14. The molecule has 0 bridgehead atoms. The van der Waals surface area contributed by atoms with Gasteiger partial charge in [0.2, 0.25) is 0 Å². The number of hydrogen-bond acceptors (Lipinski definition) is 3. The summed E-state index contributed by atoms with van der Waals surface area (Å²) in [6, 6.07) is 16.3. The van der Waals surface area contributed by atoms with E-state index in [-0.39, 0.29) is 11.9 Å². The van der Waals surface area contributed by atoms with Gasteiger partial charge in [0.15, 0.2) is 0 Å². The SMILES string of the molecule is COC(=O)Nc1ccc(C(=O)NC(C)c2ccccc2)cc1. The molecule has 0 aliphatic rings. The highest BCUT2D eigenvalue weighted by atomic mass is 16.5. The smallest absolute Gasteiger partial charge is 0.411 e. The first-order valence-electron chi connectivity index (χ1n) is 6.91. The molecule has 5 heteroatoms. The fraction of sp³-hybridized carbons (Fsp3) is 0.176. The molecule has 0 aliphatic heterocycles. The lowest BCUT2D eigenvalue weighted by Crippen LogP contribution is -2.26. The first-order valence-corrected chi connectivity index (χ1v) is 6.91. The van der Waals surface area contributed by atoms with E-state index in [1.54, 1.807) is 24.3 Å². The summed E-state index contributed by atoms with van der Waals surface area (Å²) < 4.78 is 4.50. The van der Waals surface area contributed by atoms with E-state index < -0.39 is 6.09 Å². The first-order chi connectivity index (χ1) is 10.6. The molecule has 2 aromatic carbocycles. The average Bonchev–Trinajstić information content (AvgIpc) is 2.56. The zero-order chi connectivity index (χ0) is 15.9. The minimum atomic E-state index is -0.546. The molecule has 1 atom stereocenters. The quantitative estimate of drug-likeness (QED) is 0.909. The number of carbonyl (C=O) groups excluding carboxylic acids is 2. The van der Waals surface area contributed by atoms with Crippen LogP contribution in [-0.4, -0.2) is 19.1 Å². The van der Waals surface area contributed by atoms with E-state index in [4.69, 9.17) is 0 Å². The van der Waals surface area contributed by atoms with Gasteiger partial charge in [-0.05, 0) is 36.8 Å². The Morgan fingerprint density at radius 1 is 1.00 bits per heavy atom. The van der Waals surface area contributed by atoms with E-state index in [2.05, 4.69) is 15.4 Å². The van der Waals surface area contributed by atoms with Gasteiger partial charge in [-0.1, -0.05) is 30.3 Å². The Labute approximate surface area is 129 Å². The van der Waals surface area contributed by atoms with Crippen LogP contribution in [0.4, 0.5) is 10.5 Å². The van der Waals surface area contributed by atoms with E-state index in [0.29, 0.717) is 11.3 Å². The molecule has 2 N–H and O–H groups in total. The molecule has 2 amide bonds. The predicted octanol–water partition coefficient (Wildman–Crippen LogP) is 3.36. The van der Waals surface area contributed by atoms with Gasteiger partial charge < -0.3 is 10.1 Å². The predicted molar refractivity (Wildman–Crippen MR) is 84.8 cm³/mol. The molecular formula is C17H18N2O3. The number of carbonyl (C=O) groups is 2. The van der Waals surface area contributed by atoms with Crippen molar-refractivity contribution in [2.24, 2.45) is 0 Å². The van der Waals surface area contributed by atoms with Crippen molar-refractivity contribution in [1.29, 1.82) is 0 Å². The number of benzene rings is 2. The van der Waals surface area contributed by atoms with Crippen molar-refractivity contribution in [1.82, 2.24) is 5.32 Å². The minimum absolute atomic E-state index is 0.0819. The lowest BCUT2D eigenvalue weighted by Gasteiger charge is -2.14. The molecule has 0 fully saturated rings. The van der Waals surface area contributed by atoms with Crippen molar-refractivity contribution in [3.05, 3.63) is 65.7 Å². The molecule has 2 rings (SSSR count). The summed E-state index contributed by atoms with van der Waals surface area (Å²) in [7, 11) is 1.29. The van der Waals surface area contributed by atoms with Crippen LogP contribution in [0.2, 0.25) is 0 Å². The van der Waals surface area contributed by atoms with Gasteiger partial charge >= 0.3 is 6.09 Å². The van der Waals surface area contributed by atoms with E-state index >= 15 is 0 Å². The monoisotopic (exact) mass is 298 g/mol. The van der Waals surface area contributed by atoms with Crippen molar-refractivity contribution in [2.75, 3.05) is 12.4 Å². The van der Waals surface area contributed by atoms with Crippen molar-refractivity contribution in [3.63, 3.8) is 0 Å². The molecule has 2 aromatic rings. The third-order valence-electron chi connectivity index (χ3n) is 3.23. The molecule has 0 saturated heterocycles. The second-order valence-corrected chi connectivity index (χ2v) is 4.80. The summed E-state index contributed by atoms with van der Waals surface area (Å²) in [4.78, 5) is 23.3. The van der Waals surface area contributed by atoms with Crippen LogP contribution in [0.3, 0.4) is 0 Å². The van der Waals surface area contributed by atoms with Crippen LogP contribution in [0.15, 0.2) is 54.6 Å². The number of anilines is 1. The zero-order valence-corrected chi connectivity index (χ0v) is 12.5. The number of methoxy groups -OCH3 is 1. The summed E-state index contributed by atoms with van der Waals surface area (Å²) in [5, 5.41) is 5.46. The Hall–Kier alpha value is -2.82. The number of nitrogens with one attached hydrogen (secondary N) is 2. The largest absolute Gasteiger partial charge is 0.453 e. The molecule has 0 saturated carbocycles. The Balaban J connectivity index is 1.99. The molecule has 22 heavy (non-hydrogen) atoms. The van der Waals surface area contributed by atoms with E-state index in [1.807, 2.05) is 37.3 Å². The standard InChI is InChI=1S/C17H18N2O3/c1-12(13-6-4-3-5-7-13)18-16(20)14-8-10-15(11-9-14)19-17(21)22-2/h3-12H,1-2H3,(H,18,20)(H,19,21). The van der Waals surface area contributed by atoms with Gasteiger partial charge in [-0.15, -0.1) is 0 Å². The summed E-state index contributed by atoms with van der Waals surface area (Å²) in [6.45, 7) is 1.93. The van der Waals surface area contributed by atoms with Gasteiger partial charge in [0.05, 0.1) is 13.2 Å². The highest BCUT2D eigenvalue weighted by molar-refractivity contribution is 5.95. The second kappa shape index (κ2) is 7.26. The molecule has 1 unspecified atom stereocenters. The molecule has 0 radical (unpaired) electrons. The van der Waals surface area contributed by atoms with Crippen LogP contribution in [0, 0.1) is 0 Å². The third kappa shape index (κ3) is 4.09. The molecule has 114 valence electrons. The Morgan fingerprint density at radius 2 is 1.64 bits per heavy atom. The Bertz CT molecular complexity index is 639. The first kappa shape index (κ1) is 15.6. The molecule has 0 heterocycles. The lowest BCUT2D eigenvalue weighted by atomic mass is 10.1. The fourth-order valence-electron chi connectivity index (χ4n) is 1.98. The van der Waals surface area contributed by atoms with Crippen molar-refractivity contribution in [2.45, 2.75) is 13.0 Å². The van der Waals surface area contributed by atoms with E-state index in [0.717, 1.165) is 5.56 Å². The molecule has 0 aromatic heterocycles. The number of rotatable bonds is 4. The normalized spacial score (nSPS) is 11.4. The minimum Gasteiger partial charge on any atom is -0.453 e. The molecular weight excluding hydrogens is 280 g/mol. The van der Waals surface area contributed by atoms with Gasteiger partial charge in [-0.25, -0.2) is 4.79 Å².